The Balaban J connectivity index is 0.000000384. The van der Waals surface area contributed by atoms with Crippen LogP contribution < -0.4 is 19.3 Å². The largest absolute Gasteiger partial charge is 0.497 e. The van der Waals surface area contributed by atoms with Crippen molar-refractivity contribution >= 4 is 10.3 Å². The molecule has 0 heterocycles. The third-order valence-electron chi connectivity index (χ3n) is 6.51. The molecular weight excluding hydrogens is 504 g/mol. The Bertz CT molecular complexity index is 1140. The molecule has 9 heteroatoms. The van der Waals surface area contributed by atoms with Gasteiger partial charge in [0.25, 0.3) is 0 Å². The number of benzene rings is 2. The van der Waals surface area contributed by atoms with E-state index in [1.165, 1.54) is 17.5 Å². The minimum atomic E-state index is -3.72. The van der Waals surface area contributed by atoms with Crippen molar-refractivity contribution in [3.8, 4) is 29.6 Å². The summed E-state index contributed by atoms with van der Waals surface area (Å²) < 4.78 is 41.5. The number of rotatable bonds is 12. The topological polar surface area (TPSA) is 100 Å². The molecule has 0 atom stereocenters. The summed E-state index contributed by atoms with van der Waals surface area (Å²) in [6, 6.07) is 12.0. The second-order valence-electron chi connectivity index (χ2n) is 9.36. The zero-order valence-corrected chi connectivity index (χ0v) is 23.9. The van der Waals surface area contributed by atoms with Gasteiger partial charge in [0.1, 0.15) is 5.75 Å². The summed E-state index contributed by atoms with van der Waals surface area (Å²) in [5.74, 6) is 5.15. The summed E-state index contributed by atoms with van der Waals surface area (Å²) in [6.45, 7) is 1.99. The number of hydrogen-bond donors (Lipinski definition) is 1. The summed E-state index contributed by atoms with van der Waals surface area (Å²) in [4.78, 5) is 2.34. The van der Waals surface area contributed by atoms with Crippen molar-refractivity contribution in [3.63, 3.8) is 0 Å². The van der Waals surface area contributed by atoms with Crippen LogP contribution in [0.4, 0.5) is 0 Å². The number of ether oxygens (including phenoxy) is 3. The Morgan fingerprint density at radius 2 is 1.66 bits per heavy atom. The third-order valence-corrected chi connectivity index (χ3v) is 7.05. The lowest BCUT2D eigenvalue weighted by Crippen LogP contribution is -2.25. The fourth-order valence-electron chi connectivity index (χ4n) is 4.40. The normalized spacial score (nSPS) is 13.8. The number of methoxy groups -OCH3 is 3. The first-order valence-corrected chi connectivity index (χ1v) is 14.4. The molecule has 0 saturated heterocycles. The van der Waals surface area contributed by atoms with Gasteiger partial charge in [-0.2, -0.15) is 8.42 Å². The molecule has 1 aliphatic rings. The zero-order valence-electron chi connectivity index (χ0n) is 23.1. The predicted molar refractivity (Wildman–Crippen MR) is 151 cm³/mol. The van der Waals surface area contributed by atoms with Gasteiger partial charge >= 0.3 is 10.3 Å². The van der Waals surface area contributed by atoms with E-state index in [1.807, 2.05) is 30.3 Å². The fourth-order valence-corrected chi connectivity index (χ4v) is 4.97. The minimum absolute atomic E-state index is 0.168. The molecule has 2 N–H and O–H groups in total. The standard InChI is InChI=1S/C23H29NO3.C6H13NO3S/c1-6-19-10-11-21(25-3)17-20(19)8-7-14-24(2)15-13-18-9-12-22(26-4)23(16-18)27-5;7-11(8,9)10-6-4-2-1-3-5-6/h1,9-12,16-17H,7-8,13-15H2,2-5H3;6H,1-5H2,(H2,7,8,9). The number of nitrogens with zero attached hydrogens (tertiary/aromatic N) is 1. The van der Waals surface area contributed by atoms with Crippen molar-refractivity contribution < 1.29 is 26.8 Å². The Kier molecular flexibility index (Phi) is 13.4. The van der Waals surface area contributed by atoms with Gasteiger partial charge in [-0.3, -0.25) is 4.18 Å². The second-order valence-corrected chi connectivity index (χ2v) is 10.5. The van der Waals surface area contributed by atoms with Crippen LogP contribution in [0.3, 0.4) is 0 Å². The lowest BCUT2D eigenvalue weighted by atomic mass is 9.98. The molecule has 2 aromatic rings. The number of nitrogens with two attached hydrogens (primary N) is 1. The molecule has 2 aromatic carbocycles. The van der Waals surface area contributed by atoms with E-state index in [-0.39, 0.29) is 6.10 Å². The average molecular weight is 547 g/mol. The van der Waals surface area contributed by atoms with E-state index in [0.717, 1.165) is 80.8 Å². The predicted octanol–water partition coefficient (Wildman–Crippen LogP) is 4.34. The molecule has 0 bridgehead atoms. The summed E-state index contributed by atoms with van der Waals surface area (Å²) in [6.07, 6.45) is 13.3. The number of hydrogen-bond acceptors (Lipinski definition) is 7. The van der Waals surface area contributed by atoms with Gasteiger partial charge in [-0.05, 0) is 87.2 Å². The lowest BCUT2D eigenvalue weighted by Gasteiger charge is -2.19. The molecule has 0 radical (unpaired) electrons. The Morgan fingerprint density at radius 1 is 0.947 bits per heavy atom. The van der Waals surface area contributed by atoms with Gasteiger partial charge in [0.05, 0.1) is 27.4 Å². The molecule has 38 heavy (non-hydrogen) atoms. The van der Waals surface area contributed by atoms with E-state index < -0.39 is 10.3 Å². The first kappa shape index (κ1) is 31.4. The van der Waals surface area contributed by atoms with Crippen LogP contribution in [-0.2, 0) is 27.3 Å². The summed E-state index contributed by atoms with van der Waals surface area (Å²) >= 11 is 0. The summed E-state index contributed by atoms with van der Waals surface area (Å²) in [7, 11) is 3.42. The molecule has 0 unspecified atom stereocenters. The van der Waals surface area contributed by atoms with Gasteiger partial charge in [0.15, 0.2) is 11.5 Å². The second kappa shape index (κ2) is 16.2. The molecule has 0 amide bonds. The first-order valence-electron chi connectivity index (χ1n) is 12.9. The number of likely N-dealkylation sites (N-methyl/N-ethyl adjacent to an activating group) is 1. The monoisotopic (exact) mass is 546 g/mol. The Morgan fingerprint density at radius 3 is 2.26 bits per heavy atom. The highest BCUT2D eigenvalue weighted by Crippen LogP contribution is 2.27. The van der Waals surface area contributed by atoms with Gasteiger partial charge < -0.3 is 19.1 Å². The third kappa shape index (κ3) is 11.3. The van der Waals surface area contributed by atoms with Crippen molar-refractivity contribution in [3.05, 3.63) is 53.1 Å². The SMILES string of the molecule is C#Cc1ccc(OC)cc1CCCN(C)CCc1ccc(OC)c(OC)c1.NS(=O)(=O)OC1CCCCC1. The molecule has 1 aliphatic carbocycles. The molecule has 8 nitrogen and oxygen atoms in total. The lowest BCUT2D eigenvalue weighted by molar-refractivity contribution is 0.162. The van der Waals surface area contributed by atoms with Crippen LogP contribution in [0.1, 0.15) is 55.2 Å². The minimum Gasteiger partial charge on any atom is -0.497 e. The molecule has 0 spiro atoms. The van der Waals surface area contributed by atoms with E-state index in [9.17, 15) is 8.42 Å². The highest BCUT2D eigenvalue weighted by molar-refractivity contribution is 7.84. The van der Waals surface area contributed by atoms with Crippen LogP contribution in [0.2, 0.25) is 0 Å². The van der Waals surface area contributed by atoms with E-state index in [0.29, 0.717) is 0 Å². The quantitative estimate of drug-likeness (QED) is 0.395. The summed E-state index contributed by atoms with van der Waals surface area (Å²) in [5.41, 5.74) is 3.36. The Hall–Kier alpha value is -2.77. The summed E-state index contributed by atoms with van der Waals surface area (Å²) in [5, 5.41) is 4.72. The van der Waals surface area contributed by atoms with Crippen molar-refractivity contribution in [2.75, 3.05) is 41.5 Å². The maximum atomic E-state index is 10.5. The van der Waals surface area contributed by atoms with Crippen LogP contribution in [-0.4, -0.2) is 60.9 Å². The highest BCUT2D eigenvalue weighted by Gasteiger charge is 2.18. The van der Waals surface area contributed by atoms with Crippen molar-refractivity contribution in [1.29, 1.82) is 0 Å². The number of terminal acetylenes is 1. The molecule has 3 rings (SSSR count). The molecule has 210 valence electrons. The van der Waals surface area contributed by atoms with Crippen molar-refractivity contribution in [2.24, 2.45) is 5.14 Å². The van der Waals surface area contributed by atoms with E-state index in [2.05, 4.69) is 28.1 Å². The maximum absolute atomic E-state index is 10.5. The average Bonchev–Trinajstić information content (AvgIpc) is 2.91. The van der Waals surface area contributed by atoms with Crippen LogP contribution in [0.15, 0.2) is 36.4 Å². The smallest absolute Gasteiger partial charge is 0.333 e. The van der Waals surface area contributed by atoms with E-state index >= 15 is 0 Å². The molecule has 0 aromatic heterocycles. The van der Waals surface area contributed by atoms with Gasteiger partial charge in [-0.15, -0.1) is 6.42 Å². The van der Waals surface area contributed by atoms with E-state index in [1.54, 1.807) is 21.3 Å². The fraction of sp³-hybridized carbons (Fsp3) is 0.517. The van der Waals surface area contributed by atoms with E-state index in [4.69, 9.17) is 25.8 Å². The van der Waals surface area contributed by atoms with Gasteiger partial charge in [0.2, 0.25) is 0 Å². The van der Waals surface area contributed by atoms with Crippen LogP contribution in [0.25, 0.3) is 0 Å². The molecule has 1 fully saturated rings. The maximum Gasteiger partial charge on any atom is 0.333 e. The van der Waals surface area contributed by atoms with Gasteiger partial charge in [-0.25, -0.2) is 5.14 Å². The number of aryl methyl sites for hydroxylation is 1. The van der Waals surface area contributed by atoms with Crippen LogP contribution >= 0.6 is 0 Å². The van der Waals surface area contributed by atoms with Crippen molar-refractivity contribution in [1.82, 2.24) is 4.90 Å². The van der Waals surface area contributed by atoms with Crippen LogP contribution in [0, 0.1) is 12.3 Å². The molecule has 0 aliphatic heterocycles. The van der Waals surface area contributed by atoms with Gasteiger partial charge in [0, 0.05) is 12.1 Å². The molecule has 1 saturated carbocycles. The highest BCUT2D eigenvalue weighted by atomic mass is 32.2. The first-order chi connectivity index (χ1) is 18.2. The van der Waals surface area contributed by atoms with Crippen molar-refractivity contribution in [2.45, 2.75) is 57.5 Å². The van der Waals surface area contributed by atoms with Gasteiger partial charge in [-0.1, -0.05) is 31.2 Å². The zero-order chi connectivity index (χ0) is 28.0. The Labute approximate surface area is 228 Å². The van der Waals surface area contributed by atoms with Crippen LogP contribution in [0.5, 0.6) is 17.2 Å². The molecular formula is C29H42N2O6S.